The molecule has 0 bridgehead atoms. The number of amides is 1. The lowest BCUT2D eigenvalue weighted by atomic mass is 10.0. The average molecular weight is 357 g/mol. The van der Waals surface area contributed by atoms with Crippen LogP contribution < -0.4 is 0 Å². The van der Waals surface area contributed by atoms with Gasteiger partial charge >= 0.3 is 0 Å². The van der Waals surface area contributed by atoms with E-state index in [0.29, 0.717) is 30.1 Å². The molecule has 0 unspecified atom stereocenters. The molecule has 5 heteroatoms. The SMILES string of the molecule is Cc1onc(-c2ccccc2)c1C(=O)N1CCc2[nH]c3ccccc3c2C1. The summed E-state index contributed by atoms with van der Waals surface area (Å²) in [6.45, 7) is 3.07. The van der Waals surface area contributed by atoms with Gasteiger partial charge in [-0.1, -0.05) is 53.7 Å². The van der Waals surface area contributed by atoms with Crippen molar-refractivity contribution in [2.75, 3.05) is 6.54 Å². The number of carbonyl (C=O) groups excluding carboxylic acids is 1. The number of hydrogen-bond donors (Lipinski definition) is 1. The van der Waals surface area contributed by atoms with Crippen molar-refractivity contribution in [3.05, 3.63) is 77.2 Å². The van der Waals surface area contributed by atoms with Crippen LogP contribution in [0.2, 0.25) is 0 Å². The summed E-state index contributed by atoms with van der Waals surface area (Å²) >= 11 is 0. The Bertz CT molecular complexity index is 1140. The molecule has 27 heavy (non-hydrogen) atoms. The first-order valence-electron chi connectivity index (χ1n) is 9.12. The summed E-state index contributed by atoms with van der Waals surface area (Å²) in [7, 11) is 0. The van der Waals surface area contributed by atoms with Gasteiger partial charge in [0, 0.05) is 47.2 Å². The smallest absolute Gasteiger partial charge is 0.260 e. The third-order valence-corrected chi connectivity index (χ3v) is 5.29. The Balaban J connectivity index is 1.52. The van der Waals surface area contributed by atoms with Gasteiger partial charge in [0.25, 0.3) is 5.91 Å². The van der Waals surface area contributed by atoms with Crippen LogP contribution in [0.3, 0.4) is 0 Å². The highest BCUT2D eigenvalue weighted by Crippen LogP contribution is 2.31. The lowest BCUT2D eigenvalue weighted by molar-refractivity contribution is 0.0734. The molecule has 1 amide bonds. The van der Waals surface area contributed by atoms with Crippen LogP contribution in [-0.2, 0) is 13.0 Å². The molecule has 0 saturated carbocycles. The molecular formula is C22H19N3O2. The minimum Gasteiger partial charge on any atom is -0.360 e. The van der Waals surface area contributed by atoms with E-state index in [2.05, 4.69) is 22.3 Å². The Kier molecular flexibility index (Phi) is 3.60. The third-order valence-electron chi connectivity index (χ3n) is 5.29. The van der Waals surface area contributed by atoms with Crippen LogP contribution in [0.4, 0.5) is 0 Å². The van der Waals surface area contributed by atoms with Crippen LogP contribution in [0, 0.1) is 6.92 Å². The molecule has 2 aromatic heterocycles. The second kappa shape index (κ2) is 6.13. The Morgan fingerprint density at radius 2 is 1.89 bits per heavy atom. The van der Waals surface area contributed by atoms with E-state index in [1.807, 2.05) is 47.4 Å². The Labute approximate surface area is 156 Å². The molecule has 0 fully saturated rings. The average Bonchev–Trinajstić information content (AvgIpc) is 3.28. The number of fused-ring (bicyclic) bond motifs is 3. The number of para-hydroxylation sites is 1. The van der Waals surface area contributed by atoms with Gasteiger partial charge in [-0.2, -0.15) is 0 Å². The predicted octanol–water partition coefficient (Wildman–Crippen LogP) is 4.33. The second-order valence-corrected chi connectivity index (χ2v) is 6.93. The van der Waals surface area contributed by atoms with Crippen LogP contribution in [0.5, 0.6) is 0 Å². The van der Waals surface area contributed by atoms with E-state index in [1.165, 1.54) is 16.6 Å². The fourth-order valence-corrected chi connectivity index (χ4v) is 3.92. The number of aryl methyl sites for hydroxylation is 1. The van der Waals surface area contributed by atoms with Crippen LogP contribution in [0.1, 0.15) is 27.4 Å². The molecule has 4 aromatic rings. The summed E-state index contributed by atoms with van der Waals surface area (Å²) in [6, 6.07) is 18.0. The number of hydrogen-bond acceptors (Lipinski definition) is 3. The number of rotatable bonds is 2. The monoisotopic (exact) mass is 357 g/mol. The van der Waals surface area contributed by atoms with E-state index in [9.17, 15) is 4.79 Å². The van der Waals surface area contributed by atoms with Gasteiger partial charge in [-0.05, 0) is 13.0 Å². The van der Waals surface area contributed by atoms with E-state index in [-0.39, 0.29) is 5.91 Å². The summed E-state index contributed by atoms with van der Waals surface area (Å²) in [5, 5.41) is 5.35. The quantitative estimate of drug-likeness (QED) is 0.581. The topological polar surface area (TPSA) is 62.1 Å². The molecule has 2 aromatic carbocycles. The summed E-state index contributed by atoms with van der Waals surface area (Å²) in [4.78, 5) is 18.7. The highest BCUT2D eigenvalue weighted by molar-refractivity contribution is 6.01. The van der Waals surface area contributed by atoms with Crippen LogP contribution in [0.15, 0.2) is 59.1 Å². The number of aromatic nitrogens is 2. The minimum absolute atomic E-state index is 0.0245. The lowest BCUT2D eigenvalue weighted by Gasteiger charge is -2.27. The normalized spacial score (nSPS) is 13.7. The zero-order valence-electron chi connectivity index (χ0n) is 15.0. The van der Waals surface area contributed by atoms with Crippen molar-refractivity contribution < 1.29 is 9.32 Å². The van der Waals surface area contributed by atoms with Gasteiger partial charge in [0.15, 0.2) is 0 Å². The molecule has 0 saturated heterocycles. The Hall–Kier alpha value is -3.34. The third kappa shape index (κ3) is 2.54. The highest BCUT2D eigenvalue weighted by Gasteiger charge is 2.29. The van der Waals surface area contributed by atoms with Crippen LogP contribution in [0.25, 0.3) is 22.2 Å². The summed E-state index contributed by atoms with van der Waals surface area (Å²) in [5.41, 5.74) is 5.63. The summed E-state index contributed by atoms with van der Waals surface area (Å²) in [6.07, 6.45) is 0.820. The first-order valence-corrected chi connectivity index (χ1v) is 9.12. The first kappa shape index (κ1) is 15.9. The van der Waals surface area contributed by atoms with Crippen LogP contribution >= 0.6 is 0 Å². The zero-order chi connectivity index (χ0) is 18.4. The maximum atomic E-state index is 13.4. The van der Waals surface area contributed by atoms with E-state index < -0.39 is 0 Å². The molecule has 5 nitrogen and oxygen atoms in total. The van der Waals surface area contributed by atoms with Gasteiger partial charge in [0.1, 0.15) is 17.0 Å². The van der Waals surface area contributed by atoms with Gasteiger partial charge in [0.05, 0.1) is 0 Å². The fraction of sp³-hybridized carbons (Fsp3) is 0.182. The Morgan fingerprint density at radius 3 is 2.74 bits per heavy atom. The standard InChI is InChI=1S/C22H19N3O2/c1-14-20(21(24-27-14)15-7-3-2-4-8-15)22(26)25-12-11-19-17(13-25)16-9-5-6-10-18(16)23-19/h2-10,23H,11-13H2,1H3. The molecule has 0 aliphatic carbocycles. The molecule has 0 radical (unpaired) electrons. The molecule has 1 aliphatic heterocycles. The molecule has 0 spiro atoms. The molecule has 5 rings (SSSR count). The van der Waals surface area contributed by atoms with Crippen molar-refractivity contribution in [1.82, 2.24) is 15.0 Å². The van der Waals surface area contributed by atoms with E-state index >= 15 is 0 Å². The number of carbonyl (C=O) groups is 1. The van der Waals surface area contributed by atoms with Gasteiger partial charge < -0.3 is 14.4 Å². The number of nitrogens with one attached hydrogen (secondary N) is 1. The summed E-state index contributed by atoms with van der Waals surface area (Å²) < 4.78 is 5.38. The van der Waals surface area contributed by atoms with E-state index in [4.69, 9.17) is 4.52 Å². The molecule has 1 N–H and O–H groups in total. The van der Waals surface area contributed by atoms with Gasteiger partial charge in [-0.3, -0.25) is 4.79 Å². The lowest BCUT2D eigenvalue weighted by Crippen LogP contribution is -2.36. The van der Waals surface area contributed by atoms with Crippen molar-refractivity contribution in [3.8, 4) is 11.3 Å². The van der Waals surface area contributed by atoms with Crippen molar-refractivity contribution >= 4 is 16.8 Å². The number of nitrogens with zero attached hydrogens (tertiary/aromatic N) is 2. The van der Waals surface area contributed by atoms with Gasteiger partial charge in [0.2, 0.25) is 0 Å². The van der Waals surface area contributed by atoms with Crippen molar-refractivity contribution in [3.63, 3.8) is 0 Å². The largest absolute Gasteiger partial charge is 0.360 e. The first-order chi connectivity index (χ1) is 13.2. The second-order valence-electron chi connectivity index (χ2n) is 6.93. The number of aromatic amines is 1. The van der Waals surface area contributed by atoms with Crippen molar-refractivity contribution in [1.29, 1.82) is 0 Å². The molecular weight excluding hydrogens is 338 g/mol. The molecule has 0 atom stereocenters. The molecule has 134 valence electrons. The Morgan fingerprint density at radius 1 is 1.11 bits per heavy atom. The van der Waals surface area contributed by atoms with Gasteiger partial charge in [-0.15, -0.1) is 0 Å². The molecule has 1 aliphatic rings. The predicted molar refractivity (Wildman–Crippen MR) is 103 cm³/mol. The van der Waals surface area contributed by atoms with Crippen molar-refractivity contribution in [2.24, 2.45) is 0 Å². The number of H-pyrrole nitrogens is 1. The van der Waals surface area contributed by atoms with Crippen LogP contribution in [-0.4, -0.2) is 27.5 Å². The summed E-state index contributed by atoms with van der Waals surface area (Å²) in [5.74, 6) is 0.534. The maximum Gasteiger partial charge on any atom is 0.260 e. The van der Waals surface area contributed by atoms with E-state index in [1.54, 1.807) is 6.92 Å². The number of benzene rings is 2. The van der Waals surface area contributed by atoms with Crippen molar-refractivity contribution in [2.45, 2.75) is 19.9 Å². The highest BCUT2D eigenvalue weighted by atomic mass is 16.5. The molecule has 3 heterocycles. The maximum absolute atomic E-state index is 13.4. The van der Waals surface area contributed by atoms with E-state index in [0.717, 1.165) is 17.5 Å². The fourth-order valence-electron chi connectivity index (χ4n) is 3.92. The van der Waals surface area contributed by atoms with Gasteiger partial charge in [-0.25, -0.2) is 0 Å². The minimum atomic E-state index is -0.0245. The zero-order valence-corrected chi connectivity index (χ0v) is 15.0.